The predicted octanol–water partition coefficient (Wildman–Crippen LogP) is 8.17. The zero-order chi connectivity index (χ0) is 24.9. The molecule has 4 aromatic carbocycles. The van der Waals surface area contributed by atoms with Crippen LogP contribution in [0.4, 0.5) is 22.0 Å². The molecule has 35 heavy (non-hydrogen) atoms. The van der Waals surface area contributed by atoms with Gasteiger partial charge in [-0.1, -0.05) is 49.8 Å². The van der Waals surface area contributed by atoms with E-state index in [1.807, 2.05) is 6.92 Å². The van der Waals surface area contributed by atoms with Gasteiger partial charge in [0.05, 0.1) is 17.7 Å². The van der Waals surface area contributed by atoms with Crippen molar-refractivity contribution in [2.75, 3.05) is 6.61 Å². The van der Waals surface area contributed by atoms with Gasteiger partial charge >= 0.3 is 0 Å². The summed E-state index contributed by atoms with van der Waals surface area (Å²) in [6.07, 6.45) is 2.74. The Balaban J connectivity index is 1.57. The highest BCUT2D eigenvalue weighted by Gasteiger charge is 2.16. The van der Waals surface area contributed by atoms with Gasteiger partial charge in [0.2, 0.25) is 0 Å². The van der Waals surface area contributed by atoms with Crippen molar-refractivity contribution in [1.29, 1.82) is 0 Å². The van der Waals surface area contributed by atoms with E-state index in [0.717, 1.165) is 43.5 Å². The second-order valence-electron chi connectivity index (χ2n) is 8.06. The molecular formula is C29H21F5O. The summed E-state index contributed by atoms with van der Waals surface area (Å²) in [6.45, 7) is 2.40. The zero-order valence-electron chi connectivity index (χ0n) is 18.9. The third-order valence-corrected chi connectivity index (χ3v) is 5.54. The van der Waals surface area contributed by atoms with Crippen LogP contribution in [0.3, 0.4) is 0 Å². The molecule has 0 amide bonds. The lowest BCUT2D eigenvalue weighted by Crippen LogP contribution is -2.00. The van der Waals surface area contributed by atoms with Crippen molar-refractivity contribution in [3.8, 4) is 28.7 Å². The Bertz CT molecular complexity index is 1430. The molecule has 178 valence electrons. The summed E-state index contributed by atoms with van der Waals surface area (Å²) in [6, 6.07) is 12.8. The number of benzene rings is 4. The first-order chi connectivity index (χ1) is 16.9. The van der Waals surface area contributed by atoms with Crippen LogP contribution in [0, 0.1) is 40.9 Å². The fraction of sp³-hybridized carbons (Fsp3) is 0.172. The predicted molar refractivity (Wildman–Crippen MR) is 127 cm³/mol. The van der Waals surface area contributed by atoms with Crippen LogP contribution in [0.25, 0.3) is 21.9 Å². The lowest BCUT2D eigenvalue weighted by molar-refractivity contribution is 0.303. The Kier molecular flexibility index (Phi) is 7.36. The molecule has 0 aliphatic carbocycles. The van der Waals surface area contributed by atoms with Crippen molar-refractivity contribution >= 4 is 10.8 Å². The third-order valence-electron chi connectivity index (χ3n) is 5.54. The molecule has 0 aliphatic heterocycles. The Morgan fingerprint density at radius 2 is 1.49 bits per heavy atom. The Hall–Kier alpha value is -3.85. The highest BCUT2D eigenvalue weighted by molar-refractivity contribution is 5.84. The smallest absolute Gasteiger partial charge is 0.166 e. The average molecular weight is 480 g/mol. The number of fused-ring (bicyclic) bond motifs is 1. The van der Waals surface area contributed by atoms with E-state index in [1.54, 1.807) is 6.07 Å². The molecule has 0 heterocycles. The van der Waals surface area contributed by atoms with Gasteiger partial charge in [-0.15, -0.1) is 0 Å². The van der Waals surface area contributed by atoms with Crippen molar-refractivity contribution in [2.24, 2.45) is 0 Å². The van der Waals surface area contributed by atoms with E-state index in [4.69, 9.17) is 4.74 Å². The molecule has 0 N–H and O–H groups in total. The molecule has 0 atom stereocenters. The molecule has 1 nitrogen and oxygen atoms in total. The highest BCUT2D eigenvalue weighted by Crippen LogP contribution is 2.31. The van der Waals surface area contributed by atoms with E-state index in [9.17, 15) is 22.0 Å². The standard InChI is InChI=1S/C29H21F5O/c1-2-3-4-13-35-22-16-26(32)28(27(33)17-22)21-9-8-19(25(31)15-21)7-5-18-6-11-23-20(14-18)10-12-24(30)29(23)34/h6,8-12,14-17H,2-4,13H2,1H3. The minimum absolute atomic E-state index is 0.0239. The van der Waals surface area contributed by atoms with Crippen molar-refractivity contribution in [2.45, 2.75) is 26.2 Å². The van der Waals surface area contributed by atoms with Crippen molar-refractivity contribution in [3.63, 3.8) is 0 Å². The van der Waals surface area contributed by atoms with Crippen LogP contribution in [-0.4, -0.2) is 6.61 Å². The molecule has 0 unspecified atom stereocenters. The molecule has 0 saturated carbocycles. The maximum atomic E-state index is 14.7. The Morgan fingerprint density at radius 3 is 2.20 bits per heavy atom. The summed E-state index contributed by atoms with van der Waals surface area (Å²) in [5.74, 6) is 1.19. The Labute approximate surface area is 200 Å². The summed E-state index contributed by atoms with van der Waals surface area (Å²) in [7, 11) is 0. The summed E-state index contributed by atoms with van der Waals surface area (Å²) in [5.41, 5.74) is 0.173. The number of halogens is 5. The van der Waals surface area contributed by atoms with Gasteiger partial charge in [0.15, 0.2) is 11.6 Å². The van der Waals surface area contributed by atoms with Gasteiger partial charge in [-0.2, -0.15) is 0 Å². The number of hydrogen-bond donors (Lipinski definition) is 0. The van der Waals surface area contributed by atoms with E-state index in [-0.39, 0.29) is 27.8 Å². The zero-order valence-corrected chi connectivity index (χ0v) is 18.9. The van der Waals surface area contributed by atoms with Gasteiger partial charge < -0.3 is 4.74 Å². The summed E-state index contributed by atoms with van der Waals surface area (Å²) < 4.78 is 76.6. The molecule has 4 aromatic rings. The second kappa shape index (κ2) is 10.6. The SMILES string of the molecule is CCCCCOc1cc(F)c(-c2ccc(C#Cc3ccc4c(F)c(F)ccc4c3)c(F)c2)c(F)c1. The van der Waals surface area contributed by atoms with E-state index < -0.39 is 29.1 Å². The summed E-state index contributed by atoms with van der Waals surface area (Å²) in [5, 5.41) is 0.572. The molecule has 0 saturated heterocycles. The molecular weight excluding hydrogens is 459 g/mol. The maximum Gasteiger partial charge on any atom is 0.166 e. The van der Waals surface area contributed by atoms with Crippen molar-refractivity contribution < 1.29 is 26.7 Å². The fourth-order valence-electron chi connectivity index (χ4n) is 3.71. The van der Waals surface area contributed by atoms with Crippen LogP contribution in [0.2, 0.25) is 0 Å². The molecule has 0 radical (unpaired) electrons. The molecule has 0 fully saturated rings. The summed E-state index contributed by atoms with van der Waals surface area (Å²) >= 11 is 0. The van der Waals surface area contributed by atoms with Gasteiger partial charge in [-0.3, -0.25) is 0 Å². The first kappa shape index (κ1) is 24.3. The molecule has 0 spiro atoms. The molecule has 0 aromatic heterocycles. The topological polar surface area (TPSA) is 9.23 Å². The van der Waals surface area contributed by atoms with Crippen LogP contribution >= 0.6 is 0 Å². The van der Waals surface area contributed by atoms with Gasteiger partial charge in [-0.05, 0) is 47.7 Å². The van der Waals surface area contributed by atoms with E-state index in [1.165, 1.54) is 30.3 Å². The number of rotatable bonds is 6. The molecule has 6 heteroatoms. The maximum absolute atomic E-state index is 14.7. The van der Waals surface area contributed by atoms with Gasteiger partial charge in [0.25, 0.3) is 0 Å². The lowest BCUT2D eigenvalue weighted by atomic mass is 10.0. The average Bonchev–Trinajstić information content (AvgIpc) is 2.83. The van der Waals surface area contributed by atoms with E-state index >= 15 is 0 Å². The van der Waals surface area contributed by atoms with E-state index in [2.05, 4.69) is 11.8 Å². The van der Waals surface area contributed by atoms with Crippen LogP contribution in [0.15, 0.2) is 60.7 Å². The van der Waals surface area contributed by atoms with E-state index in [0.29, 0.717) is 17.6 Å². The highest BCUT2D eigenvalue weighted by atomic mass is 19.2. The van der Waals surface area contributed by atoms with Gasteiger partial charge in [0.1, 0.15) is 23.2 Å². The minimum atomic E-state index is -0.945. The van der Waals surface area contributed by atoms with Crippen LogP contribution < -0.4 is 4.74 Å². The van der Waals surface area contributed by atoms with Crippen LogP contribution in [0.5, 0.6) is 5.75 Å². The van der Waals surface area contributed by atoms with Crippen LogP contribution in [-0.2, 0) is 0 Å². The number of unbranched alkanes of at least 4 members (excludes halogenated alkanes) is 2. The van der Waals surface area contributed by atoms with Gasteiger partial charge in [0, 0.05) is 23.1 Å². The van der Waals surface area contributed by atoms with Crippen LogP contribution in [0.1, 0.15) is 37.3 Å². The quantitative estimate of drug-likeness (QED) is 0.154. The molecule has 0 aliphatic rings. The molecule has 4 rings (SSSR count). The van der Waals surface area contributed by atoms with Crippen molar-refractivity contribution in [1.82, 2.24) is 0 Å². The summed E-state index contributed by atoms with van der Waals surface area (Å²) in [4.78, 5) is 0. The normalized spacial score (nSPS) is 10.8. The monoisotopic (exact) mass is 480 g/mol. The first-order valence-corrected chi connectivity index (χ1v) is 11.2. The Morgan fingerprint density at radius 1 is 0.714 bits per heavy atom. The third kappa shape index (κ3) is 5.46. The second-order valence-corrected chi connectivity index (χ2v) is 8.06. The lowest BCUT2D eigenvalue weighted by Gasteiger charge is -2.10. The molecule has 0 bridgehead atoms. The first-order valence-electron chi connectivity index (χ1n) is 11.2. The fourth-order valence-corrected chi connectivity index (χ4v) is 3.71. The number of ether oxygens (including phenoxy) is 1. The minimum Gasteiger partial charge on any atom is -0.493 e. The van der Waals surface area contributed by atoms with Crippen molar-refractivity contribution in [3.05, 3.63) is 101 Å². The van der Waals surface area contributed by atoms with Gasteiger partial charge in [-0.25, -0.2) is 22.0 Å². The number of hydrogen-bond acceptors (Lipinski definition) is 1. The largest absolute Gasteiger partial charge is 0.493 e.